The molecule has 1 aliphatic heterocycles. The first-order valence-electron chi connectivity index (χ1n) is 10.3. The van der Waals surface area contributed by atoms with Crippen LogP contribution in [0.25, 0.3) is 6.08 Å². The number of carbonyl (C=O) groups is 2. The zero-order chi connectivity index (χ0) is 24.1. The quantitative estimate of drug-likeness (QED) is 0.439. The zero-order valence-electron chi connectivity index (χ0n) is 18.3. The Morgan fingerprint density at radius 2 is 1.61 bits per heavy atom. The van der Waals surface area contributed by atoms with Crippen molar-refractivity contribution >= 4 is 23.7 Å². The summed E-state index contributed by atoms with van der Waals surface area (Å²) in [6.07, 6.45) is 4.46. The molecular weight excluding hydrogens is 424 g/mol. The molecule has 0 amide bonds. The highest BCUT2D eigenvalue weighted by atomic mass is 16.6. The number of hydrogen-bond donors (Lipinski definition) is 2. The molecule has 0 aliphatic carbocycles. The Morgan fingerprint density at radius 1 is 1.00 bits per heavy atom. The molecule has 0 radical (unpaired) electrons. The number of nitro groups is 1. The summed E-state index contributed by atoms with van der Waals surface area (Å²) >= 11 is 0. The van der Waals surface area contributed by atoms with Gasteiger partial charge in [0.2, 0.25) is 0 Å². The molecule has 2 aromatic carbocycles. The SMILES string of the molecule is CC1=C(C(=O)O)C(c2cccc([N+](=O)[O-])c2)C(C(=O)O)=C(C)N1CCC=Cc1ccccc1. The van der Waals surface area contributed by atoms with Gasteiger partial charge in [0.25, 0.3) is 5.69 Å². The van der Waals surface area contributed by atoms with Gasteiger partial charge in [0.15, 0.2) is 0 Å². The van der Waals surface area contributed by atoms with E-state index >= 15 is 0 Å². The van der Waals surface area contributed by atoms with E-state index in [4.69, 9.17) is 0 Å². The van der Waals surface area contributed by atoms with E-state index in [-0.39, 0.29) is 22.4 Å². The first kappa shape index (κ1) is 23.5. The Hall–Kier alpha value is -4.20. The van der Waals surface area contributed by atoms with Crippen LogP contribution in [0.3, 0.4) is 0 Å². The Labute approximate surface area is 190 Å². The maximum absolute atomic E-state index is 12.3. The summed E-state index contributed by atoms with van der Waals surface area (Å²) < 4.78 is 0. The molecule has 33 heavy (non-hydrogen) atoms. The lowest BCUT2D eigenvalue weighted by Crippen LogP contribution is -2.34. The molecular formula is C25H24N2O6. The second kappa shape index (κ2) is 9.95. The van der Waals surface area contributed by atoms with Crippen molar-refractivity contribution in [3.63, 3.8) is 0 Å². The van der Waals surface area contributed by atoms with Gasteiger partial charge in [-0.25, -0.2) is 9.59 Å². The highest BCUT2D eigenvalue weighted by molar-refractivity contribution is 5.98. The molecule has 0 unspecified atom stereocenters. The van der Waals surface area contributed by atoms with Crippen LogP contribution in [-0.4, -0.2) is 38.5 Å². The van der Waals surface area contributed by atoms with Crippen molar-refractivity contribution in [1.82, 2.24) is 4.90 Å². The largest absolute Gasteiger partial charge is 0.478 e. The number of aliphatic carboxylic acids is 2. The molecule has 2 aromatic rings. The normalized spacial score (nSPS) is 14.8. The van der Waals surface area contributed by atoms with Gasteiger partial charge in [0.05, 0.1) is 22.0 Å². The molecule has 1 heterocycles. The highest BCUT2D eigenvalue weighted by Crippen LogP contribution is 2.42. The lowest BCUT2D eigenvalue weighted by Gasteiger charge is -2.37. The van der Waals surface area contributed by atoms with Crippen molar-refractivity contribution in [2.24, 2.45) is 0 Å². The van der Waals surface area contributed by atoms with Gasteiger partial charge in [0, 0.05) is 30.1 Å². The number of allylic oxidation sites excluding steroid dienone is 2. The fourth-order valence-corrected chi connectivity index (χ4v) is 4.13. The molecule has 8 nitrogen and oxygen atoms in total. The number of carboxylic acids is 2. The smallest absolute Gasteiger partial charge is 0.334 e. The van der Waals surface area contributed by atoms with E-state index in [1.54, 1.807) is 18.7 Å². The predicted molar refractivity (Wildman–Crippen MR) is 123 cm³/mol. The number of rotatable bonds is 8. The summed E-state index contributed by atoms with van der Waals surface area (Å²) in [7, 11) is 0. The van der Waals surface area contributed by atoms with Gasteiger partial charge in [-0.15, -0.1) is 0 Å². The van der Waals surface area contributed by atoms with E-state index in [1.165, 1.54) is 24.3 Å². The van der Waals surface area contributed by atoms with Crippen molar-refractivity contribution in [2.75, 3.05) is 6.54 Å². The molecule has 0 saturated carbocycles. The molecule has 0 bridgehead atoms. The maximum Gasteiger partial charge on any atom is 0.334 e. The molecule has 0 aromatic heterocycles. The number of nitrogens with zero attached hydrogens (tertiary/aromatic N) is 2. The van der Waals surface area contributed by atoms with Crippen molar-refractivity contribution in [2.45, 2.75) is 26.2 Å². The van der Waals surface area contributed by atoms with Gasteiger partial charge in [-0.1, -0.05) is 54.6 Å². The molecule has 0 fully saturated rings. The van der Waals surface area contributed by atoms with E-state index < -0.39 is 22.8 Å². The monoisotopic (exact) mass is 448 g/mol. The topological polar surface area (TPSA) is 121 Å². The molecule has 170 valence electrons. The second-order valence-corrected chi connectivity index (χ2v) is 7.65. The highest BCUT2D eigenvalue weighted by Gasteiger charge is 2.39. The lowest BCUT2D eigenvalue weighted by molar-refractivity contribution is -0.384. The third-order valence-corrected chi connectivity index (χ3v) is 5.67. The maximum atomic E-state index is 12.3. The minimum atomic E-state index is -1.26. The number of nitro benzene ring substituents is 1. The number of hydrogen-bond acceptors (Lipinski definition) is 5. The van der Waals surface area contributed by atoms with Crippen molar-refractivity contribution in [3.05, 3.63) is 104 Å². The third-order valence-electron chi connectivity index (χ3n) is 5.67. The van der Waals surface area contributed by atoms with Gasteiger partial charge in [-0.2, -0.15) is 0 Å². The minimum Gasteiger partial charge on any atom is -0.478 e. The van der Waals surface area contributed by atoms with Crippen molar-refractivity contribution < 1.29 is 24.7 Å². The molecule has 0 spiro atoms. The summed E-state index contributed by atoms with van der Waals surface area (Å²) in [4.78, 5) is 36.8. The zero-order valence-corrected chi connectivity index (χ0v) is 18.3. The average molecular weight is 448 g/mol. The van der Waals surface area contributed by atoms with Crippen LogP contribution < -0.4 is 0 Å². The van der Waals surface area contributed by atoms with Crippen LogP contribution >= 0.6 is 0 Å². The molecule has 8 heteroatoms. The van der Waals surface area contributed by atoms with Crippen LogP contribution in [0.1, 0.15) is 37.3 Å². The minimum absolute atomic E-state index is 0.106. The summed E-state index contributed by atoms with van der Waals surface area (Å²) in [6.45, 7) is 3.66. The fraction of sp³-hybridized carbons (Fsp3) is 0.200. The molecule has 2 N–H and O–H groups in total. The summed E-state index contributed by atoms with van der Waals surface area (Å²) in [5, 5.41) is 31.2. The first-order chi connectivity index (χ1) is 15.7. The average Bonchev–Trinajstić information content (AvgIpc) is 2.78. The van der Waals surface area contributed by atoms with Crippen LogP contribution in [0, 0.1) is 10.1 Å². The Morgan fingerprint density at radius 3 is 2.15 bits per heavy atom. The van der Waals surface area contributed by atoms with Crippen LogP contribution in [-0.2, 0) is 9.59 Å². The van der Waals surface area contributed by atoms with Crippen molar-refractivity contribution in [3.8, 4) is 0 Å². The Kier molecular flexibility index (Phi) is 7.07. The molecule has 0 atom stereocenters. The van der Waals surface area contributed by atoms with Crippen LogP contribution in [0.15, 0.2) is 83.2 Å². The Bertz CT molecular complexity index is 1140. The van der Waals surface area contributed by atoms with E-state index in [2.05, 4.69) is 0 Å². The standard InChI is InChI=1S/C25H24N2O6/c1-16-21(24(28)29)23(19-12-8-13-20(15-19)27(32)33)22(25(30)31)17(2)26(16)14-7-6-11-18-9-4-3-5-10-18/h3-6,8-13,15,23H,7,14H2,1-2H3,(H,28,29)(H,30,31). The lowest BCUT2D eigenvalue weighted by atomic mass is 9.79. The van der Waals surface area contributed by atoms with E-state index in [0.717, 1.165) is 5.56 Å². The second-order valence-electron chi connectivity index (χ2n) is 7.65. The predicted octanol–water partition coefficient (Wildman–Crippen LogP) is 4.81. The van der Waals surface area contributed by atoms with Gasteiger partial charge in [-0.05, 0) is 31.4 Å². The summed E-state index contributed by atoms with van der Waals surface area (Å²) in [5.41, 5.74) is 1.66. The molecule has 0 saturated heterocycles. The van der Waals surface area contributed by atoms with Gasteiger partial charge in [-0.3, -0.25) is 10.1 Å². The number of benzene rings is 2. The van der Waals surface area contributed by atoms with Crippen molar-refractivity contribution in [1.29, 1.82) is 0 Å². The van der Waals surface area contributed by atoms with Gasteiger partial charge >= 0.3 is 11.9 Å². The van der Waals surface area contributed by atoms with E-state index in [1.807, 2.05) is 42.5 Å². The van der Waals surface area contributed by atoms with Gasteiger partial charge in [0.1, 0.15) is 0 Å². The van der Waals surface area contributed by atoms with E-state index in [9.17, 15) is 29.9 Å². The van der Waals surface area contributed by atoms with Gasteiger partial charge < -0.3 is 15.1 Å². The third kappa shape index (κ3) is 5.01. The summed E-state index contributed by atoms with van der Waals surface area (Å²) in [5.74, 6) is -3.66. The molecule has 1 aliphatic rings. The van der Waals surface area contributed by atoms with Crippen LogP contribution in [0.5, 0.6) is 0 Å². The first-order valence-corrected chi connectivity index (χ1v) is 10.3. The van der Waals surface area contributed by atoms with Crippen LogP contribution in [0.4, 0.5) is 5.69 Å². The summed E-state index contributed by atoms with van der Waals surface area (Å²) in [6, 6.07) is 15.2. The molecule has 3 rings (SSSR count). The fourth-order valence-electron chi connectivity index (χ4n) is 4.13. The van der Waals surface area contributed by atoms with Crippen LogP contribution in [0.2, 0.25) is 0 Å². The van der Waals surface area contributed by atoms with E-state index in [0.29, 0.717) is 24.4 Å². The number of carboxylic acid groups (broad SMARTS) is 2. The number of non-ortho nitro benzene ring substituents is 1. The Balaban J connectivity index is 2.01.